The number of hydrogen-bond donors (Lipinski definition) is 1. The SMILES string of the molecule is CC(CS)CN1C(=O)c2cccc3cccc1c23. The Morgan fingerprint density at radius 1 is 1.22 bits per heavy atom. The molecular formula is C15H15NOS. The van der Waals surface area contributed by atoms with E-state index in [9.17, 15) is 4.79 Å². The highest BCUT2D eigenvalue weighted by Crippen LogP contribution is 2.37. The van der Waals surface area contributed by atoms with Crippen LogP contribution in [0, 0.1) is 5.92 Å². The van der Waals surface area contributed by atoms with E-state index in [0.717, 1.165) is 34.3 Å². The Labute approximate surface area is 112 Å². The highest BCUT2D eigenvalue weighted by molar-refractivity contribution is 7.80. The topological polar surface area (TPSA) is 20.3 Å². The highest BCUT2D eigenvalue weighted by Gasteiger charge is 2.29. The van der Waals surface area contributed by atoms with Crippen LogP contribution in [0.15, 0.2) is 36.4 Å². The number of hydrogen-bond acceptors (Lipinski definition) is 2. The van der Waals surface area contributed by atoms with E-state index < -0.39 is 0 Å². The van der Waals surface area contributed by atoms with Gasteiger partial charge in [-0.05, 0) is 29.2 Å². The Bertz CT molecular complexity index is 618. The molecule has 0 N–H and O–H groups in total. The number of anilines is 1. The largest absolute Gasteiger partial charge is 0.307 e. The summed E-state index contributed by atoms with van der Waals surface area (Å²) in [5.41, 5.74) is 1.87. The Hall–Kier alpha value is -1.48. The first-order valence-electron chi connectivity index (χ1n) is 6.17. The standard InChI is InChI=1S/C15H15NOS/c1-10(9-18)8-16-13-7-3-5-11-4-2-6-12(14(11)13)15(16)17/h2-7,10,18H,8-9H2,1H3. The van der Waals surface area contributed by atoms with Gasteiger partial charge in [0.1, 0.15) is 0 Å². The van der Waals surface area contributed by atoms with Crippen LogP contribution in [0.1, 0.15) is 17.3 Å². The fraction of sp³-hybridized carbons (Fsp3) is 0.267. The molecule has 2 aromatic rings. The Morgan fingerprint density at radius 2 is 1.94 bits per heavy atom. The van der Waals surface area contributed by atoms with Crippen molar-refractivity contribution in [2.75, 3.05) is 17.2 Å². The van der Waals surface area contributed by atoms with Crippen LogP contribution in [0.3, 0.4) is 0 Å². The van der Waals surface area contributed by atoms with Crippen LogP contribution in [0.5, 0.6) is 0 Å². The van der Waals surface area contributed by atoms with Gasteiger partial charge < -0.3 is 4.90 Å². The minimum atomic E-state index is 0.121. The van der Waals surface area contributed by atoms with Gasteiger partial charge in [0, 0.05) is 17.5 Å². The molecule has 0 fully saturated rings. The second kappa shape index (κ2) is 4.32. The maximum Gasteiger partial charge on any atom is 0.259 e. The molecule has 92 valence electrons. The summed E-state index contributed by atoms with van der Waals surface area (Å²) in [6.45, 7) is 2.85. The van der Waals surface area contributed by atoms with Gasteiger partial charge in [-0.15, -0.1) is 0 Å². The second-order valence-corrected chi connectivity index (χ2v) is 5.25. The molecule has 0 spiro atoms. The molecule has 0 bridgehead atoms. The molecule has 2 aromatic carbocycles. The molecular weight excluding hydrogens is 242 g/mol. The number of rotatable bonds is 3. The summed E-state index contributed by atoms with van der Waals surface area (Å²) >= 11 is 4.30. The van der Waals surface area contributed by atoms with Gasteiger partial charge in [-0.1, -0.05) is 31.2 Å². The maximum absolute atomic E-state index is 12.4. The predicted molar refractivity (Wildman–Crippen MR) is 78.6 cm³/mol. The van der Waals surface area contributed by atoms with Crippen molar-refractivity contribution < 1.29 is 4.79 Å². The lowest BCUT2D eigenvalue weighted by Crippen LogP contribution is -2.31. The van der Waals surface area contributed by atoms with E-state index in [4.69, 9.17) is 0 Å². The highest BCUT2D eigenvalue weighted by atomic mass is 32.1. The molecule has 1 heterocycles. The molecule has 3 heteroatoms. The summed E-state index contributed by atoms with van der Waals surface area (Å²) in [6.07, 6.45) is 0. The summed E-state index contributed by atoms with van der Waals surface area (Å²) in [4.78, 5) is 14.3. The molecule has 3 rings (SSSR count). The molecule has 1 atom stereocenters. The third-order valence-corrected chi connectivity index (χ3v) is 4.08. The first-order valence-corrected chi connectivity index (χ1v) is 6.80. The van der Waals surface area contributed by atoms with E-state index in [1.54, 1.807) is 0 Å². The van der Waals surface area contributed by atoms with E-state index in [1.807, 2.05) is 29.2 Å². The summed E-state index contributed by atoms with van der Waals surface area (Å²) in [5.74, 6) is 1.30. The maximum atomic E-state index is 12.4. The summed E-state index contributed by atoms with van der Waals surface area (Å²) in [6, 6.07) is 12.0. The lowest BCUT2D eigenvalue weighted by molar-refractivity contribution is 0.0990. The Kier molecular flexibility index (Phi) is 2.78. The van der Waals surface area contributed by atoms with E-state index in [1.165, 1.54) is 0 Å². The smallest absolute Gasteiger partial charge is 0.259 e. The van der Waals surface area contributed by atoms with Gasteiger partial charge >= 0.3 is 0 Å². The molecule has 1 aliphatic rings. The normalized spacial score (nSPS) is 15.4. The quantitative estimate of drug-likeness (QED) is 0.836. The minimum Gasteiger partial charge on any atom is -0.307 e. The van der Waals surface area contributed by atoms with Gasteiger partial charge in [0.15, 0.2) is 0 Å². The molecule has 18 heavy (non-hydrogen) atoms. The van der Waals surface area contributed by atoms with Crippen molar-refractivity contribution in [1.29, 1.82) is 0 Å². The average molecular weight is 257 g/mol. The van der Waals surface area contributed by atoms with Gasteiger partial charge in [-0.3, -0.25) is 4.79 Å². The molecule has 0 aromatic heterocycles. The van der Waals surface area contributed by atoms with Crippen molar-refractivity contribution in [2.24, 2.45) is 5.92 Å². The van der Waals surface area contributed by atoms with Crippen molar-refractivity contribution in [3.63, 3.8) is 0 Å². The van der Waals surface area contributed by atoms with Crippen molar-refractivity contribution in [2.45, 2.75) is 6.92 Å². The van der Waals surface area contributed by atoms with Crippen LogP contribution >= 0.6 is 12.6 Å². The van der Waals surface area contributed by atoms with Crippen LogP contribution in [0.2, 0.25) is 0 Å². The van der Waals surface area contributed by atoms with Gasteiger partial charge in [0.2, 0.25) is 0 Å². The summed E-state index contributed by atoms with van der Waals surface area (Å²) < 4.78 is 0. The summed E-state index contributed by atoms with van der Waals surface area (Å²) in [7, 11) is 0. The number of nitrogens with zero attached hydrogens (tertiary/aromatic N) is 1. The second-order valence-electron chi connectivity index (χ2n) is 4.88. The van der Waals surface area contributed by atoms with Crippen LogP contribution in [0.25, 0.3) is 10.8 Å². The van der Waals surface area contributed by atoms with E-state index in [0.29, 0.717) is 5.92 Å². The molecule has 0 saturated heterocycles. The first-order chi connectivity index (χ1) is 8.72. The predicted octanol–water partition coefficient (Wildman–Crippen LogP) is 3.37. The van der Waals surface area contributed by atoms with E-state index in [-0.39, 0.29) is 5.91 Å². The van der Waals surface area contributed by atoms with Crippen LogP contribution < -0.4 is 4.90 Å². The average Bonchev–Trinajstić information content (AvgIpc) is 2.67. The van der Waals surface area contributed by atoms with Crippen molar-refractivity contribution in [3.05, 3.63) is 42.0 Å². The van der Waals surface area contributed by atoms with Gasteiger partial charge in [-0.25, -0.2) is 0 Å². The van der Waals surface area contributed by atoms with Gasteiger partial charge in [0.05, 0.1) is 5.69 Å². The number of amides is 1. The molecule has 0 radical (unpaired) electrons. The number of thiol groups is 1. The van der Waals surface area contributed by atoms with Crippen LogP contribution in [-0.4, -0.2) is 18.2 Å². The molecule has 0 saturated carbocycles. The Balaban J connectivity index is 2.13. The van der Waals surface area contributed by atoms with Crippen molar-refractivity contribution in [1.82, 2.24) is 0 Å². The molecule has 2 nitrogen and oxygen atoms in total. The fourth-order valence-corrected chi connectivity index (χ4v) is 2.65. The fourth-order valence-electron chi connectivity index (χ4n) is 2.53. The summed E-state index contributed by atoms with van der Waals surface area (Å²) in [5, 5.41) is 2.23. The van der Waals surface area contributed by atoms with Crippen LogP contribution in [0.4, 0.5) is 5.69 Å². The zero-order valence-electron chi connectivity index (χ0n) is 10.3. The van der Waals surface area contributed by atoms with Crippen molar-refractivity contribution in [3.8, 4) is 0 Å². The van der Waals surface area contributed by atoms with E-state index >= 15 is 0 Å². The number of benzene rings is 2. The van der Waals surface area contributed by atoms with Gasteiger partial charge in [0.25, 0.3) is 5.91 Å². The lowest BCUT2D eigenvalue weighted by atomic mass is 10.1. The molecule has 0 aliphatic carbocycles. The minimum absolute atomic E-state index is 0.121. The zero-order valence-corrected chi connectivity index (χ0v) is 11.2. The monoisotopic (exact) mass is 257 g/mol. The third kappa shape index (κ3) is 1.62. The van der Waals surface area contributed by atoms with E-state index in [2.05, 4.69) is 31.7 Å². The molecule has 1 unspecified atom stereocenters. The third-order valence-electron chi connectivity index (χ3n) is 3.45. The Morgan fingerprint density at radius 3 is 2.67 bits per heavy atom. The van der Waals surface area contributed by atoms with Crippen molar-refractivity contribution >= 4 is 35.0 Å². The molecule has 1 aliphatic heterocycles. The number of carbonyl (C=O) groups is 1. The first kappa shape index (κ1) is 11.6. The van der Waals surface area contributed by atoms with Gasteiger partial charge in [-0.2, -0.15) is 12.6 Å². The molecule has 1 amide bonds. The van der Waals surface area contributed by atoms with Crippen LogP contribution in [-0.2, 0) is 0 Å². The lowest BCUT2D eigenvalue weighted by Gasteiger charge is -2.21. The zero-order chi connectivity index (χ0) is 12.7. The number of carbonyl (C=O) groups excluding carboxylic acids is 1.